The molecule has 0 unspecified atom stereocenters. The van der Waals surface area contributed by atoms with Crippen molar-refractivity contribution in [2.24, 2.45) is 13.0 Å². The number of amides is 3. The molecule has 0 spiro atoms. The summed E-state index contributed by atoms with van der Waals surface area (Å²) < 4.78 is 7.67. The minimum absolute atomic E-state index is 0.141. The van der Waals surface area contributed by atoms with Crippen LogP contribution in [0.15, 0.2) is 72.8 Å². The van der Waals surface area contributed by atoms with Crippen molar-refractivity contribution >= 4 is 34.6 Å². The van der Waals surface area contributed by atoms with Crippen molar-refractivity contribution in [3.8, 4) is 11.5 Å². The number of carboxylic acid groups (broad SMARTS) is 1. The predicted octanol–water partition coefficient (Wildman–Crippen LogP) is 6.40. The third kappa shape index (κ3) is 4.68. The minimum atomic E-state index is -1.14. The highest BCUT2D eigenvalue weighted by molar-refractivity contribution is 6.16. The number of hydrogen-bond donors (Lipinski definition) is 1. The first-order chi connectivity index (χ1) is 19.0. The Morgan fingerprint density at radius 3 is 2.25 bits per heavy atom. The van der Waals surface area contributed by atoms with E-state index < -0.39 is 23.6 Å². The fourth-order valence-corrected chi connectivity index (χ4v) is 5.23. The highest BCUT2D eigenvalue weighted by atomic mass is 16.5. The number of anilines is 1. The predicted molar refractivity (Wildman–Crippen MR) is 152 cm³/mol. The molecule has 3 aromatic carbocycles. The van der Waals surface area contributed by atoms with Gasteiger partial charge in [-0.15, -0.1) is 0 Å². The van der Waals surface area contributed by atoms with Crippen molar-refractivity contribution < 1.29 is 24.2 Å². The van der Waals surface area contributed by atoms with Crippen molar-refractivity contribution in [3.05, 3.63) is 84.2 Å². The molecule has 1 saturated heterocycles. The SMILES string of the molecule is CC(C)C[C@@H](c1nc2ccc(C(=O)O)cc2n1C)N1C(=O)N(c2ccc(Oc3ccccc3)cc2)C(C)(C)C1=O. The zero-order chi connectivity index (χ0) is 28.8. The van der Waals surface area contributed by atoms with Crippen LogP contribution in [0.2, 0.25) is 0 Å². The van der Waals surface area contributed by atoms with Crippen LogP contribution in [0, 0.1) is 5.92 Å². The zero-order valence-corrected chi connectivity index (χ0v) is 23.2. The van der Waals surface area contributed by atoms with Gasteiger partial charge in [0.1, 0.15) is 22.9 Å². The molecule has 5 rings (SSSR count). The van der Waals surface area contributed by atoms with E-state index in [4.69, 9.17) is 9.72 Å². The van der Waals surface area contributed by atoms with Gasteiger partial charge in [-0.25, -0.2) is 14.6 Å². The Balaban J connectivity index is 1.51. The number of aryl methyl sites for hydroxylation is 1. The second kappa shape index (κ2) is 10.1. The van der Waals surface area contributed by atoms with Gasteiger partial charge in [0.2, 0.25) is 0 Å². The summed E-state index contributed by atoms with van der Waals surface area (Å²) in [6, 6.07) is 20.1. The van der Waals surface area contributed by atoms with E-state index in [2.05, 4.69) is 0 Å². The minimum Gasteiger partial charge on any atom is -0.478 e. The van der Waals surface area contributed by atoms with E-state index in [-0.39, 0.29) is 17.4 Å². The second-order valence-electron chi connectivity index (χ2n) is 10.9. The van der Waals surface area contributed by atoms with Crippen LogP contribution < -0.4 is 9.64 Å². The molecule has 9 nitrogen and oxygen atoms in total. The number of aromatic carboxylic acids is 1. The molecule has 4 aromatic rings. The average Bonchev–Trinajstić information content (AvgIpc) is 3.33. The Kier molecular flexibility index (Phi) is 6.83. The van der Waals surface area contributed by atoms with E-state index in [0.29, 0.717) is 40.5 Å². The van der Waals surface area contributed by atoms with Crippen molar-refractivity contribution in [3.63, 3.8) is 0 Å². The topological polar surface area (TPSA) is 105 Å². The number of carboxylic acids is 1. The molecule has 0 bridgehead atoms. The molecule has 0 saturated carbocycles. The van der Waals surface area contributed by atoms with E-state index in [0.717, 1.165) is 0 Å². The van der Waals surface area contributed by atoms with Gasteiger partial charge in [-0.2, -0.15) is 0 Å². The van der Waals surface area contributed by atoms with Crippen LogP contribution >= 0.6 is 0 Å². The molecule has 1 N–H and O–H groups in total. The van der Waals surface area contributed by atoms with E-state index in [1.54, 1.807) is 61.9 Å². The quantitative estimate of drug-likeness (QED) is 0.259. The molecule has 1 aliphatic heterocycles. The maximum Gasteiger partial charge on any atom is 0.335 e. The zero-order valence-electron chi connectivity index (χ0n) is 23.2. The maximum absolute atomic E-state index is 14.1. The average molecular weight is 541 g/mol. The maximum atomic E-state index is 14.1. The normalized spacial score (nSPS) is 15.8. The number of imidazole rings is 1. The lowest BCUT2D eigenvalue weighted by molar-refractivity contribution is -0.132. The molecular weight excluding hydrogens is 508 g/mol. The molecule has 1 fully saturated rings. The highest BCUT2D eigenvalue weighted by Crippen LogP contribution is 2.41. The summed E-state index contributed by atoms with van der Waals surface area (Å²) in [4.78, 5) is 47.1. The van der Waals surface area contributed by atoms with E-state index in [1.165, 1.54) is 15.9 Å². The molecule has 206 valence electrons. The number of aromatic nitrogens is 2. The molecule has 2 heterocycles. The summed E-state index contributed by atoms with van der Waals surface area (Å²) in [7, 11) is 1.78. The number of para-hydroxylation sites is 1. The monoisotopic (exact) mass is 540 g/mol. The van der Waals surface area contributed by atoms with Gasteiger partial charge in [-0.05, 0) is 80.8 Å². The number of carbonyl (C=O) groups excluding carboxylic acids is 2. The number of ether oxygens (including phenoxy) is 1. The second-order valence-corrected chi connectivity index (χ2v) is 10.9. The first-order valence-electron chi connectivity index (χ1n) is 13.2. The standard InChI is InChI=1S/C31H32N4O5/c1-19(2)17-26(27-32-24-16-11-20(28(36)37)18-25(24)33(27)5)34-29(38)31(3,4)35(30(34)39)21-12-14-23(15-13-21)40-22-9-7-6-8-10-22/h6-16,18-19,26H,17H2,1-5H3,(H,36,37)/t26-/m0/s1. The van der Waals surface area contributed by atoms with E-state index in [9.17, 15) is 19.5 Å². The number of fused-ring (bicyclic) bond motifs is 1. The smallest absolute Gasteiger partial charge is 0.335 e. The third-order valence-corrected chi connectivity index (χ3v) is 7.24. The fraction of sp³-hybridized carbons (Fsp3) is 0.290. The summed E-state index contributed by atoms with van der Waals surface area (Å²) in [5.41, 5.74) is 0.789. The Hall–Kier alpha value is -4.66. The van der Waals surface area contributed by atoms with Crippen LogP contribution in [0.4, 0.5) is 10.5 Å². The molecule has 0 radical (unpaired) electrons. The molecule has 40 heavy (non-hydrogen) atoms. The van der Waals surface area contributed by atoms with Crippen LogP contribution in [-0.2, 0) is 11.8 Å². The van der Waals surface area contributed by atoms with Gasteiger partial charge in [0.15, 0.2) is 0 Å². The summed E-state index contributed by atoms with van der Waals surface area (Å²) in [5, 5.41) is 9.46. The highest BCUT2D eigenvalue weighted by Gasteiger charge is 2.55. The Labute approximate surface area is 232 Å². The van der Waals surface area contributed by atoms with Gasteiger partial charge in [-0.3, -0.25) is 14.6 Å². The van der Waals surface area contributed by atoms with E-state index in [1.807, 2.05) is 44.2 Å². The molecule has 1 atom stereocenters. The van der Waals surface area contributed by atoms with Crippen LogP contribution in [-0.4, -0.2) is 43.0 Å². The molecule has 0 aliphatic carbocycles. The lowest BCUT2D eigenvalue weighted by Gasteiger charge is -2.28. The first-order valence-corrected chi connectivity index (χ1v) is 13.2. The van der Waals surface area contributed by atoms with Crippen LogP contribution in [0.3, 0.4) is 0 Å². The van der Waals surface area contributed by atoms with Gasteiger partial charge in [-0.1, -0.05) is 32.0 Å². The summed E-state index contributed by atoms with van der Waals surface area (Å²) in [6.07, 6.45) is 0.494. The number of rotatable bonds is 8. The Bertz CT molecular complexity index is 1590. The summed E-state index contributed by atoms with van der Waals surface area (Å²) >= 11 is 0. The molecule has 1 aliphatic rings. The number of imide groups is 1. The van der Waals surface area contributed by atoms with Crippen molar-refractivity contribution in [1.29, 1.82) is 0 Å². The molecule has 9 heteroatoms. The summed E-state index contributed by atoms with van der Waals surface area (Å²) in [5.74, 6) is 0.616. The van der Waals surface area contributed by atoms with Crippen molar-refractivity contribution in [2.75, 3.05) is 4.90 Å². The Morgan fingerprint density at radius 1 is 0.975 bits per heavy atom. The number of urea groups is 1. The lowest BCUT2D eigenvalue weighted by atomic mass is 9.99. The molecular formula is C31H32N4O5. The van der Waals surface area contributed by atoms with Crippen LogP contribution in [0.1, 0.15) is 56.3 Å². The van der Waals surface area contributed by atoms with Gasteiger partial charge in [0.25, 0.3) is 5.91 Å². The summed E-state index contributed by atoms with van der Waals surface area (Å²) in [6.45, 7) is 7.53. The Morgan fingerprint density at radius 2 is 1.62 bits per heavy atom. The molecule has 3 amide bonds. The van der Waals surface area contributed by atoms with Crippen LogP contribution in [0.5, 0.6) is 11.5 Å². The number of nitrogens with zero attached hydrogens (tertiary/aromatic N) is 4. The largest absolute Gasteiger partial charge is 0.478 e. The number of carbonyl (C=O) groups is 3. The third-order valence-electron chi connectivity index (χ3n) is 7.24. The van der Waals surface area contributed by atoms with Crippen molar-refractivity contribution in [1.82, 2.24) is 14.5 Å². The van der Waals surface area contributed by atoms with Gasteiger partial charge < -0.3 is 14.4 Å². The first kappa shape index (κ1) is 26.9. The number of benzene rings is 3. The van der Waals surface area contributed by atoms with Gasteiger partial charge in [0, 0.05) is 12.7 Å². The fourth-order valence-electron chi connectivity index (χ4n) is 5.23. The van der Waals surface area contributed by atoms with Gasteiger partial charge >= 0.3 is 12.0 Å². The van der Waals surface area contributed by atoms with Gasteiger partial charge in [0.05, 0.1) is 22.6 Å². The van der Waals surface area contributed by atoms with Crippen LogP contribution in [0.25, 0.3) is 11.0 Å². The lowest BCUT2D eigenvalue weighted by Crippen LogP contribution is -2.44. The number of hydrogen-bond acceptors (Lipinski definition) is 5. The van der Waals surface area contributed by atoms with E-state index >= 15 is 0 Å². The molecule has 1 aromatic heterocycles. The van der Waals surface area contributed by atoms with Crippen molar-refractivity contribution in [2.45, 2.75) is 45.7 Å².